The summed E-state index contributed by atoms with van der Waals surface area (Å²) in [6.45, 7) is 10.9. The van der Waals surface area contributed by atoms with Gasteiger partial charge in [0, 0.05) is 18.2 Å². The fraction of sp³-hybridized carbons (Fsp3) is 0.969. The molecule has 0 aromatic carbocycles. The molecule has 1 atom stereocenters. The number of aliphatic hydroxyl groups is 1. The van der Waals surface area contributed by atoms with E-state index in [1.165, 1.54) is 103 Å². The van der Waals surface area contributed by atoms with Crippen LogP contribution in [0.2, 0.25) is 0 Å². The maximum absolute atomic E-state index is 10.1. The molecule has 6 heteroatoms. The van der Waals surface area contributed by atoms with Crippen LogP contribution in [0.5, 0.6) is 0 Å². The Morgan fingerprint density at radius 3 is 1.53 bits per heavy atom. The lowest BCUT2D eigenvalue weighted by molar-refractivity contribution is -0.107. The molecule has 0 aromatic heterocycles. The third-order valence-electron chi connectivity index (χ3n) is 6.86. The minimum absolute atomic E-state index is 0.0243. The molecule has 38 heavy (non-hydrogen) atoms. The number of carbonyl (C=O) groups excluding carboxylic acids is 1. The van der Waals surface area contributed by atoms with Gasteiger partial charge in [0.1, 0.15) is 6.29 Å². The molecule has 0 rings (SSSR count). The molecular formula is C32H70N2O3S. The Hall–Kier alpha value is -0.140. The average Bonchev–Trinajstić information content (AvgIpc) is 2.90. The highest BCUT2D eigenvalue weighted by atomic mass is 32.2. The van der Waals surface area contributed by atoms with Crippen LogP contribution in [-0.4, -0.2) is 65.9 Å². The predicted molar refractivity (Wildman–Crippen MR) is 173 cm³/mol. The van der Waals surface area contributed by atoms with Crippen molar-refractivity contribution in [3.63, 3.8) is 0 Å². The molecular weight excluding hydrogens is 492 g/mol. The molecule has 0 radical (unpaired) electrons. The average molecular weight is 563 g/mol. The quantitative estimate of drug-likeness (QED) is 0.0554. The Balaban J connectivity index is -0.000000510. The van der Waals surface area contributed by atoms with Gasteiger partial charge in [-0.3, -0.25) is 0 Å². The largest absolute Gasteiger partial charge is 0.393 e. The first-order valence-corrected chi connectivity index (χ1v) is 17.1. The molecule has 5 nitrogen and oxygen atoms in total. The van der Waals surface area contributed by atoms with Gasteiger partial charge in [-0.1, -0.05) is 117 Å². The highest BCUT2D eigenvalue weighted by Crippen LogP contribution is 2.12. The van der Waals surface area contributed by atoms with Crippen LogP contribution in [0, 0.1) is 0 Å². The number of aliphatic hydroxyl groups excluding tert-OH is 1. The summed E-state index contributed by atoms with van der Waals surface area (Å²) in [4.78, 5) is 12.1. The third-order valence-corrected chi connectivity index (χ3v) is 7.49. The lowest BCUT2D eigenvalue weighted by Crippen LogP contribution is -2.26. The van der Waals surface area contributed by atoms with Crippen LogP contribution in [0.15, 0.2) is 0 Å². The Morgan fingerprint density at radius 2 is 1.13 bits per heavy atom. The van der Waals surface area contributed by atoms with Gasteiger partial charge in [0.15, 0.2) is 0 Å². The van der Waals surface area contributed by atoms with Crippen LogP contribution in [0.3, 0.4) is 0 Å². The van der Waals surface area contributed by atoms with Gasteiger partial charge >= 0.3 is 0 Å². The number of hydrogen-bond donors (Lipinski definition) is 3. The van der Waals surface area contributed by atoms with Gasteiger partial charge in [-0.25, -0.2) is 0 Å². The summed E-state index contributed by atoms with van der Waals surface area (Å²) < 4.78 is 8.38. The van der Waals surface area contributed by atoms with E-state index in [2.05, 4.69) is 37.9 Å². The molecule has 0 heterocycles. The number of nitrogens with zero attached hydrogens (tertiary/aromatic N) is 1. The van der Waals surface area contributed by atoms with Crippen molar-refractivity contribution < 1.29 is 14.5 Å². The van der Waals surface area contributed by atoms with Crippen molar-refractivity contribution in [3.05, 3.63) is 0 Å². The number of unbranched alkanes of at least 4 members (excludes halogenated alkanes) is 14. The normalized spacial score (nSPS) is 11.6. The van der Waals surface area contributed by atoms with Gasteiger partial charge in [0.25, 0.3) is 0 Å². The van der Waals surface area contributed by atoms with Crippen LogP contribution >= 0.6 is 12.0 Å². The molecule has 232 valence electrons. The van der Waals surface area contributed by atoms with E-state index in [1.807, 2.05) is 14.1 Å². The topological polar surface area (TPSA) is 72.8 Å². The molecule has 3 N–H and O–H groups in total. The first kappa shape index (κ1) is 42.3. The SMILES string of the molecule is CC(CSO)N(C)C.CCCCCCC(O)CCCCCC.CCCCCCCCCCNCCCC=O. The highest BCUT2D eigenvalue weighted by molar-refractivity contribution is 7.93. The third kappa shape index (κ3) is 42.9. The van der Waals surface area contributed by atoms with E-state index in [-0.39, 0.29) is 6.10 Å². The Labute approximate surface area is 243 Å². The monoisotopic (exact) mass is 563 g/mol. The fourth-order valence-corrected chi connectivity index (χ4v) is 4.35. The first-order valence-electron chi connectivity index (χ1n) is 16.2. The molecule has 0 amide bonds. The van der Waals surface area contributed by atoms with Gasteiger partial charge in [-0.05, 0) is 71.8 Å². The summed E-state index contributed by atoms with van der Waals surface area (Å²) in [5, 5.41) is 13.0. The second-order valence-corrected chi connectivity index (χ2v) is 11.6. The minimum Gasteiger partial charge on any atom is -0.393 e. The number of aldehydes is 1. The molecule has 0 aromatic rings. The first-order chi connectivity index (χ1) is 18.4. The van der Waals surface area contributed by atoms with E-state index in [9.17, 15) is 9.90 Å². The summed E-state index contributed by atoms with van der Waals surface area (Å²) in [7, 11) is 4.00. The number of carbonyl (C=O) groups is 1. The zero-order valence-corrected chi connectivity index (χ0v) is 27.5. The molecule has 0 spiro atoms. The van der Waals surface area contributed by atoms with E-state index in [1.54, 1.807) is 0 Å². The van der Waals surface area contributed by atoms with Crippen molar-refractivity contribution in [3.8, 4) is 0 Å². The van der Waals surface area contributed by atoms with Crippen LogP contribution in [0.1, 0.15) is 156 Å². The maximum atomic E-state index is 10.1. The lowest BCUT2D eigenvalue weighted by Gasteiger charge is -2.16. The van der Waals surface area contributed by atoms with E-state index in [4.69, 9.17) is 4.55 Å². The van der Waals surface area contributed by atoms with E-state index < -0.39 is 0 Å². The van der Waals surface area contributed by atoms with Crippen LogP contribution in [-0.2, 0) is 4.79 Å². The van der Waals surface area contributed by atoms with Crippen molar-refractivity contribution in [2.45, 2.75) is 168 Å². The molecule has 0 bridgehead atoms. The summed E-state index contributed by atoms with van der Waals surface area (Å²) in [6.07, 6.45) is 25.9. The van der Waals surface area contributed by atoms with E-state index in [0.717, 1.165) is 56.4 Å². The fourth-order valence-electron chi connectivity index (χ4n) is 3.83. The predicted octanol–water partition coefficient (Wildman–Crippen LogP) is 9.13. The summed E-state index contributed by atoms with van der Waals surface area (Å²) >= 11 is 0.896. The minimum atomic E-state index is -0.0243. The zero-order chi connectivity index (χ0) is 29.1. The number of rotatable bonds is 26. The summed E-state index contributed by atoms with van der Waals surface area (Å²) in [5.74, 6) is 0.785. The maximum Gasteiger partial charge on any atom is 0.120 e. The summed E-state index contributed by atoms with van der Waals surface area (Å²) in [5.41, 5.74) is 0. The van der Waals surface area contributed by atoms with Crippen molar-refractivity contribution >= 4 is 18.3 Å². The van der Waals surface area contributed by atoms with Gasteiger partial charge in [0.2, 0.25) is 0 Å². The Kier molecular flexibility index (Phi) is 43.4. The molecule has 0 saturated heterocycles. The van der Waals surface area contributed by atoms with Crippen LogP contribution < -0.4 is 5.32 Å². The standard InChI is InChI=1S/C14H29NO.C13H28O.C5H13NOS/c1-2-3-4-5-6-7-8-9-12-15-13-10-11-14-16;1-3-5-7-9-11-13(14)12-10-8-6-4-2;1-5(4-8-7)6(2)3/h14-15H,2-13H2,1H3;13-14H,3-12H2,1-2H3;5,7H,4H2,1-3H3. The Bertz CT molecular complexity index is 402. The van der Waals surface area contributed by atoms with E-state index in [0.29, 0.717) is 12.5 Å². The second kappa shape index (κ2) is 39.0. The molecule has 0 aliphatic heterocycles. The molecule has 1 unspecified atom stereocenters. The lowest BCUT2D eigenvalue weighted by atomic mass is 10.0. The van der Waals surface area contributed by atoms with Crippen LogP contribution in [0.25, 0.3) is 0 Å². The second-order valence-electron chi connectivity index (χ2n) is 11.0. The van der Waals surface area contributed by atoms with Crippen molar-refractivity contribution in [1.29, 1.82) is 0 Å². The molecule has 0 saturated carbocycles. The number of nitrogens with one attached hydrogen (secondary N) is 1. The van der Waals surface area contributed by atoms with Gasteiger partial charge < -0.3 is 24.7 Å². The number of hydrogen-bond acceptors (Lipinski definition) is 6. The molecule has 0 aliphatic carbocycles. The van der Waals surface area contributed by atoms with Gasteiger partial charge in [-0.2, -0.15) is 0 Å². The van der Waals surface area contributed by atoms with E-state index >= 15 is 0 Å². The highest BCUT2D eigenvalue weighted by Gasteiger charge is 2.03. The zero-order valence-electron chi connectivity index (χ0n) is 26.7. The van der Waals surface area contributed by atoms with Gasteiger partial charge in [-0.15, -0.1) is 0 Å². The Morgan fingerprint density at radius 1 is 0.711 bits per heavy atom. The smallest absolute Gasteiger partial charge is 0.120 e. The van der Waals surface area contributed by atoms with Crippen molar-refractivity contribution in [1.82, 2.24) is 10.2 Å². The molecule has 0 fully saturated rings. The molecule has 0 aliphatic rings. The van der Waals surface area contributed by atoms with Gasteiger partial charge in [0.05, 0.1) is 6.10 Å². The van der Waals surface area contributed by atoms with Crippen LogP contribution in [0.4, 0.5) is 0 Å². The summed E-state index contributed by atoms with van der Waals surface area (Å²) in [6, 6.07) is 0.463. The van der Waals surface area contributed by atoms with Crippen molar-refractivity contribution in [2.75, 3.05) is 32.9 Å². The van der Waals surface area contributed by atoms with Crippen molar-refractivity contribution in [2.24, 2.45) is 0 Å².